The maximum atomic E-state index is 12.6. The summed E-state index contributed by atoms with van der Waals surface area (Å²) in [5.74, 6) is 0.257. The maximum Gasteiger partial charge on any atom is 0.490 e. The molecule has 0 saturated carbocycles. The fourth-order valence-corrected chi connectivity index (χ4v) is 4.27. The van der Waals surface area contributed by atoms with E-state index in [0.717, 1.165) is 61.1 Å². The van der Waals surface area contributed by atoms with Crippen molar-refractivity contribution in [3.8, 4) is 0 Å². The first-order valence-corrected chi connectivity index (χ1v) is 10.2. The van der Waals surface area contributed by atoms with Crippen LogP contribution in [-0.2, 0) is 22.7 Å². The zero-order valence-electron chi connectivity index (χ0n) is 18.2. The van der Waals surface area contributed by atoms with E-state index in [-0.39, 0.29) is 11.3 Å². The number of nitrogens with zero attached hydrogens (tertiary/aromatic N) is 3. The predicted molar refractivity (Wildman–Crippen MR) is 105 cm³/mol. The fourth-order valence-electron chi connectivity index (χ4n) is 4.27. The van der Waals surface area contributed by atoms with Crippen LogP contribution in [0, 0.1) is 26.2 Å². The lowest BCUT2D eigenvalue weighted by molar-refractivity contribution is -0.192. The molecular formula is C21H26F3N3O5. The van der Waals surface area contributed by atoms with Gasteiger partial charge in [-0.2, -0.15) is 13.2 Å². The number of furan rings is 1. The van der Waals surface area contributed by atoms with E-state index in [1.807, 2.05) is 37.8 Å². The van der Waals surface area contributed by atoms with Crippen molar-refractivity contribution in [1.82, 2.24) is 15.0 Å². The molecule has 0 radical (unpaired) electrons. The molecule has 2 saturated heterocycles. The second-order valence-electron chi connectivity index (χ2n) is 8.51. The first kappa shape index (κ1) is 23.8. The van der Waals surface area contributed by atoms with E-state index in [1.165, 1.54) is 0 Å². The standard InChI is InChI=1S/C19H25N3O3.C2HF3O2/c1-13-4-5-16(24-13)9-21-7-6-19(11-21)8-18(23)22(12-19)10-17-14(2)20-25-15(17)3;3-2(4,5)1(6)7/h4-5H,6-12H2,1-3H3;(H,6,7). The number of halogens is 3. The number of aliphatic carboxylic acids is 1. The van der Waals surface area contributed by atoms with E-state index in [1.54, 1.807) is 0 Å². The van der Waals surface area contributed by atoms with Crippen LogP contribution in [0.1, 0.15) is 41.4 Å². The molecule has 4 rings (SSSR count). The van der Waals surface area contributed by atoms with E-state index in [4.69, 9.17) is 18.8 Å². The third kappa shape index (κ3) is 5.50. The van der Waals surface area contributed by atoms with Gasteiger partial charge in [-0.25, -0.2) is 4.79 Å². The Morgan fingerprint density at radius 2 is 1.91 bits per heavy atom. The summed E-state index contributed by atoms with van der Waals surface area (Å²) in [7, 11) is 0. The molecular weight excluding hydrogens is 431 g/mol. The number of carboxylic acids is 1. The number of likely N-dealkylation sites (tertiary alicyclic amines) is 2. The summed E-state index contributed by atoms with van der Waals surface area (Å²) in [5.41, 5.74) is 2.01. The number of alkyl halides is 3. The predicted octanol–water partition coefficient (Wildman–Crippen LogP) is 3.45. The Morgan fingerprint density at radius 1 is 1.22 bits per heavy atom. The summed E-state index contributed by atoms with van der Waals surface area (Å²) in [4.78, 5) is 25.9. The van der Waals surface area contributed by atoms with Gasteiger partial charge in [0.2, 0.25) is 5.91 Å². The van der Waals surface area contributed by atoms with Gasteiger partial charge in [-0.05, 0) is 45.9 Å². The molecule has 2 aromatic heterocycles. The lowest BCUT2D eigenvalue weighted by atomic mass is 9.86. The second kappa shape index (κ2) is 8.97. The van der Waals surface area contributed by atoms with Crippen LogP contribution >= 0.6 is 0 Å². The Bertz CT molecular complexity index is 964. The van der Waals surface area contributed by atoms with Crippen LogP contribution in [0.4, 0.5) is 13.2 Å². The molecule has 1 atom stereocenters. The van der Waals surface area contributed by atoms with Gasteiger partial charge in [0.05, 0.1) is 18.8 Å². The van der Waals surface area contributed by atoms with Gasteiger partial charge in [0.1, 0.15) is 17.3 Å². The van der Waals surface area contributed by atoms with Gasteiger partial charge >= 0.3 is 12.1 Å². The van der Waals surface area contributed by atoms with E-state index in [0.29, 0.717) is 13.0 Å². The number of carbonyl (C=O) groups is 2. The average molecular weight is 457 g/mol. The van der Waals surface area contributed by atoms with Crippen LogP contribution in [0.25, 0.3) is 0 Å². The van der Waals surface area contributed by atoms with Gasteiger partial charge in [-0.1, -0.05) is 5.16 Å². The smallest absolute Gasteiger partial charge is 0.475 e. The van der Waals surface area contributed by atoms with Crippen molar-refractivity contribution in [2.75, 3.05) is 19.6 Å². The minimum Gasteiger partial charge on any atom is -0.475 e. The number of aryl methyl sites for hydroxylation is 3. The molecule has 2 aliphatic rings. The van der Waals surface area contributed by atoms with E-state index in [9.17, 15) is 18.0 Å². The number of amides is 1. The highest BCUT2D eigenvalue weighted by molar-refractivity contribution is 5.79. The molecule has 1 amide bonds. The first-order valence-electron chi connectivity index (χ1n) is 10.2. The van der Waals surface area contributed by atoms with Crippen molar-refractivity contribution in [2.24, 2.45) is 5.41 Å². The van der Waals surface area contributed by atoms with Crippen molar-refractivity contribution < 1.29 is 36.8 Å². The quantitative estimate of drug-likeness (QED) is 0.751. The lowest BCUT2D eigenvalue weighted by Crippen LogP contribution is -2.31. The minimum absolute atomic E-state index is 0.0810. The van der Waals surface area contributed by atoms with Gasteiger partial charge in [-0.15, -0.1) is 0 Å². The zero-order chi connectivity index (χ0) is 23.7. The summed E-state index contributed by atoms with van der Waals surface area (Å²) in [6, 6.07) is 4.05. The third-order valence-electron chi connectivity index (χ3n) is 5.87. The van der Waals surface area contributed by atoms with Crippen molar-refractivity contribution >= 4 is 11.9 Å². The monoisotopic (exact) mass is 457 g/mol. The molecule has 32 heavy (non-hydrogen) atoms. The molecule has 1 unspecified atom stereocenters. The Kier molecular flexibility index (Phi) is 6.68. The topological polar surface area (TPSA) is 100 Å². The summed E-state index contributed by atoms with van der Waals surface area (Å²) < 4.78 is 42.7. The third-order valence-corrected chi connectivity index (χ3v) is 5.87. The Hall–Kier alpha value is -2.82. The Balaban J connectivity index is 0.000000360. The average Bonchev–Trinajstić information content (AvgIpc) is 3.43. The van der Waals surface area contributed by atoms with Gasteiger partial charge in [-0.3, -0.25) is 9.69 Å². The molecule has 2 aliphatic heterocycles. The van der Waals surface area contributed by atoms with E-state index < -0.39 is 12.1 Å². The van der Waals surface area contributed by atoms with Crippen LogP contribution in [-0.4, -0.2) is 57.8 Å². The van der Waals surface area contributed by atoms with Crippen LogP contribution in [0.3, 0.4) is 0 Å². The Labute approximate surface area is 182 Å². The summed E-state index contributed by atoms with van der Waals surface area (Å²) >= 11 is 0. The lowest BCUT2D eigenvalue weighted by Gasteiger charge is -2.24. The molecule has 1 N–H and O–H groups in total. The van der Waals surface area contributed by atoms with Crippen molar-refractivity contribution in [3.63, 3.8) is 0 Å². The zero-order valence-corrected chi connectivity index (χ0v) is 18.2. The number of hydrogen-bond donors (Lipinski definition) is 1. The highest BCUT2D eigenvalue weighted by atomic mass is 19.4. The SMILES string of the molecule is Cc1ccc(CN2CCC3(CC(=O)N(Cc4c(C)noc4C)C3)C2)o1.O=C(O)C(F)(F)F. The van der Waals surface area contributed by atoms with Crippen LogP contribution in [0.5, 0.6) is 0 Å². The molecule has 2 fully saturated rings. The van der Waals surface area contributed by atoms with Crippen molar-refractivity contribution in [3.05, 3.63) is 40.7 Å². The molecule has 2 aromatic rings. The Morgan fingerprint density at radius 3 is 2.44 bits per heavy atom. The van der Waals surface area contributed by atoms with E-state index in [2.05, 4.69) is 10.1 Å². The minimum atomic E-state index is -5.08. The number of hydrogen-bond acceptors (Lipinski definition) is 6. The summed E-state index contributed by atoms with van der Waals surface area (Å²) in [6.07, 6.45) is -3.37. The number of carboxylic acid groups (broad SMARTS) is 1. The largest absolute Gasteiger partial charge is 0.490 e. The van der Waals surface area contributed by atoms with Crippen molar-refractivity contribution in [2.45, 2.75) is 52.9 Å². The van der Waals surface area contributed by atoms with Gasteiger partial charge in [0, 0.05) is 30.5 Å². The van der Waals surface area contributed by atoms with Gasteiger partial charge in [0.25, 0.3) is 0 Å². The van der Waals surface area contributed by atoms with Gasteiger partial charge in [0.15, 0.2) is 0 Å². The molecule has 0 bridgehead atoms. The van der Waals surface area contributed by atoms with E-state index >= 15 is 0 Å². The van der Waals surface area contributed by atoms with Crippen LogP contribution in [0.15, 0.2) is 21.1 Å². The summed E-state index contributed by atoms with van der Waals surface area (Å²) in [5, 5.41) is 11.1. The van der Waals surface area contributed by atoms with Gasteiger partial charge < -0.3 is 18.9 Å². The molecule has 11 heteroatoms. The molecule has 8 nitrogen and oxygen atoms in total. The summed E-state index contributed by atoms with van der Waals surface area (Å²) in [6.45, 7) is 10.1. The number of rotatable bonds is 4. The maximum absolute atomic E-state index is 12.6. The molecule has 0 aromatic carbocycles. The molecule has 0 aliphatic carbocycles. The molecule has 4 heterocycles. The highest BCUT2D eigenvalue weighted by Gasteiger charge is 2.47. The molecule has 1 spiro atoms. The number of aromatic nitrogens is 1. The van der Waals surface area contributed by atoms with Crippen molar-refractivity contribution in [1.29, 1.82) is 0 Å². The fraction of sp³-hybridized carbons (Fsp3) is 0.571. The highest BCUT2D eigenvalue weighted by Crippen LogP contribution is 2.41. The molecule has 176 valence electrons. The number of carbonyl (C=O) groups excluding carboxylic acids is 1. The normalized spacial score (nSPS) is 21.3. The second-order valence-corrected chi connectivity index (χ2v) is 8.51. The van der Waals surface area contributed by atoms with Crippen LogP contribution in [0.2, 0.25) is 0 Å². The van der Waals surface area contributed by atoms with Crippen LogP contribution < -0.4 is 0 Å². The first-order chi connectivity index (χ1) is 14.9.